The zero-order chi connectivity index (χ0) is 14.0. The van der Waals surface area contributed by atoms with Crippen molar-refractivity contribution in [3.8, 4) is 6.07 Å². The van der Waals surface area contributed by atoms with Crippen LogP contribution in [0.25, 0.3) is 0 Å². The summed E-state index contributed by atoms with van der Waals surface area (Å²) in [5.41, 5.74) is 2.71. The number of anilines is 2. The van der Waals surface area contributed by atoms with Gasteiger partial charge in [0.15, 0.2) is 5.82 Å². The van der Waals surface area contributed by atoms with Gasteiger partial charge in [0, 0.05) is 4.47 Å². The van der Waals surface area contributed by atoms with Gasteiger partial charge in [0.2, 0.25) is 0 Å². The number of halogens is 2. The van der Waals surface area contributed by atoms with Crippen molar-refractivity contribution >= 4 is 39.0 Å². The zero-order valence-electron chi connectivity index (χ0n) is 10.3. The minimum absolute atomic E-state index is 0.412. The number of nitriles is 1. The third kappa shape index (κ3) is 2.86. The summed E-state index contributed by atoms with van der Waals surface area (Å²) in [6.07, 6.45) is 0. The minimum Gasteiger partial charge on any atom is -0.336 e. The quantitative estimate of drug-likeness (QED) is 0.895. The Bertz CT molecular complexity index is 679. The number of nitrogens with one attached hydrogen (secondary N) is 1. The van der Waals surface area contributed by atoms with Crippen molar-refractivity contribution in [1.82, 2.24) is 10.2 Å². The zero-order valence-corrected chi connectivity index (χ0v) is 12.7. The fraction of sp³-hybridized carbons (Fsp3) is 0.154. The van der Waals surface area contributed by atoms with Gasteiger partial charge in [0.05, 0.1) is 16.4 Å². The van der Waals surface area contributed by atoms with Crippen molar-refractivity contribution in [2.24, 2.45) is 0 Å². The molecule has 0 aliphatic carbocycles. The van der Waals surface area contributed by atoms with Gasteiger partial charge in [-0.3, -0.25) is 0 Å². The maximum atomic E-state index is 9.22. The highest BCUT2D eigenvalue weighted by Gasteiger charge is 2.12. The second-order valence-electron chi connectivity index (χ2n) is 3.99. The molecule has 0 unspecified atom stereocenters. The number of nitrogens with zero attached hydrogens (tertiary/aromatic N) is 3. The van der Waals surface area contributed by atoms with E-state index in [4.69, 9.17) is 11.6 Å². The van der Waals surface area contributed by atoms with Crippen LogP contribution in [0.4, 0.5) is 11.5 Å². The Morgan fingerprint density at radius 1 is 1.32 bits per heavy atom. The monoisotopic (exact) mass is 336 g/mol. The first-order valence-electron chi connectivity index (χ1n) is 5.49. The maximum Gasteiger partial charge on any atom is 0.171 e. The maximum absolute atomic E-state index is 9.22. The molecule has 0 aliphatic rings. The highest BCUT2D eigenvalue weighted by Crippen LogP contribution is 2.29. The van der Waals surface area contributed by atoms with Crippen LogP contribution in [0.15, 0.2) is 22.7 Å². The number of aromatic nitrogens is 2. The van der Waals surface area contributed by atoms with E-state index in [1.54, 1.807) is 6.07 Å². The third-order valence-electron chi connectivity index (χ3n) is 2.75. The van der Waals surface area contributed by atoms with Crippen LogP contribution >= 0.6 is 27.5 Å². The van der Waals surface area contributed by atoms with Crippen LogP contribution in [-0.4, -0.2) is 10.2 Å². The summed E-state index contributed by atoms with van der Waals surface area (Å²) >= 11 is 9.46. The third-order valence-corrected chi connectivity index (χ3v) is 3.56. The molecule has 0 atom stereocenters. The first-order valence-corrected chi connectivity index (χ1v) is 6.66. The number of hydrogen-bond acceptors (Lipinski definition) is 4. The van der Waals surface area contributed by atoms with Gasteiger partial charge < -0.3 is 5.32 Å². The van der Waals surface area contributed by atoms with Gasteiger partial charge in [0.25, 0.3) is 0 Å². The highest BCUT2D eigenvalue weighted by atomic mass is 79.9. The molecule has 2 rings (SSSR count). The predicted octanol–water partition coefficient (Wildman–Crippen LogP) is 4.12. The first kappa shape index (κ1) is 13.8. The lowest BCUT2D eigenvalue weighted by atomic mass is 10.1. The molecule has 1 heterocycles. The minimum atomic E-state index is 0.412. The molecule has 19 heavy (non-hydrogen) atoms. The van der Waals surface area contributed by atoms with E-state index in [0.717, 1.165) is 15.7 Å². The molecule has 96 valence electrons. The van der Waals surface area contributed by atoms with Crippen molar-refractivity contribution < 1.29 is 0 Å². The Kier molecular flexibility index (Phi) is 4.03. The summed E-state index contributed by atoms with van der Waals surface area (Å²) in [5, 5.41) is 20.8. The summed E-state index contributed by atoms with van der Waals surface area (Å²) in [4.78, 5) is 0. The second-order valence-corrected chi connectivity index (χ2v) is 5.32. The van der Waals surface area contributed by atoms with Crippen LogP contribution in [0.1, 0.15) is 16.8 Å². The Morgan fingerprint density at radius 3 is 2.68 bits per heavy atom. The Hall–Kier alpha value is -1.64. The molecule has 1 N–H and O–H groups in total. The van der Waals surface area contributed by atoms with Crippen LogP contribution in [0, 0.1) is 25.2 Å². The lowest BCUT2D eigenvalue weighted by Crippen LogP contribution is -2.03. The highest BCUT2D eigenvalue weighted by molar-refractivity contribution is 9.10. The topological polar surface area (TPSA) is 61.6 Å². The van der Waals surface area contributed by atoms with Crippen LogP contribution in [0.2, 0.25) is 5.02 Å². The number of benzene rings is 1. The van der Waals surface area contributed by atoms with E-state index in [1.165, 1.54) is 0 Å². The van der Waals surface area contributed by atoms with Gasteiger partial charge in [-0.25, -0.2) is 0 Å². The van der Waals surface area contributed by atoms with Gasteiger partial charge in [-0.1, -0.05) is 27.5 Å². The Morgan fingerprint density at radius 2 is 2.05 bits per heavy atom. The summed E-state index contributed by atoms with van der Waals surface area (Å²) in [6, 6.07) is 7.57. The molecular formula is C13H10BrClN4. The second kappa shape index (κ2) is 5.55. The number of rotatable bonds is 2. The fourth-order valence-corrected chi connectivity index (χ4v) is 2.27. The van der Waals surface area contributed by atoms with Crippen molar-refractivity contribution in [3.05, 3.63) is 44.5 Å². The predicted molar refractivity (Wildman–Crippen MR) is 78.7 cm³/mol. The summed E-state index contributed by atoms with van der Waals surface area (Å²) in [5.74, 6) is 0.412. The van der Waals surface area contributed by atoms with E-state index >= 15 is 0 Å². The normalized spacial score (nSPS) is 10.1. The number of aryl methyl sites for hydroxylation is 1. The molecule has 1 aromatic carbocycles. The van der Waals surface area contributed by atoms with E-state index in [-0.39, 0.29) is 0 Å². The smallest absolute Gasteiger partial charge is 0.171 e. The Labute approximate surface area is 124 Å². The van der Waals surface area contributed by atoms with Crippen LogP contribution in [0.3, 0.4) is 0 Å². The molecule has 2 aromatic rings. The molecule has 0 saturated heterocycles. The standard InChI is InChI=1S/C13H10BrClN4/c1-7-8(2)18-19-13(10(7)6-16)17-12-4-3-9(14)5-11(12)15/h3-5H,1-2H3,(H,17,19). The summed E-state index contributed by atoms with van der Waals surface area (Å²) in [7, 11) is 0. The van der Waals surface area contributed by atoms with Crippen molar-refractivity contribution in [3.63, 3.8) is 0 Å². The Balaban J connectivity index is 2.44. The lowest BCUT2D eigenvalue weighted by molar-refractivity contribution is 0.960. The fourth-order valence-electron chi connectivity index (χ4n) is 1.55. The van der Waals surface area contributed by atoms with Crippen LogP contribution < -0.4 is 5.32 Å². The van der Waals surface area contributed by atoms with Crippen LogP contribution in [0.5, 0.6) is 0 Å². The van der Waals surface area contributed by atoms with Crippen molar-refractivity contribution in [2.45, 2.75) is 13.8 Å². The first-order chi connectivity index (χ1) is 9.02. The molecule has 0 bridgehead atoms. The molecule has 0 amide bonds. The van der Waals surface area contributed by atoms with Gasteiger partial charge in [-0.05, 0) is 37.6 Å². The molecule has 0 saturated carbocycles. The molecule has 1 aromatic heterocycles. The summed E-state index contributed by atoms with van der Waals surface area (Å²) < 4.78 is 0.884. The average molecular weight is 338 g/mol. The van der Waals surface area contributed by atoms with E-state index in [0.29, 0.717) is 22.1 Å². The van der Waals surface area contributed by atoms with Crippen molar-refractivity contribution in [1.29, 1.82) is 5.26 Å². The molecule has 4 nitrogen and oxygen atoms in total. The molecular weight excluding hydrogens is 328 g/mol. The van der Waals surface area contributed by atoms with Gasteiger partial charge >= 0.3 is 0 Å². The van der Waals surface area contributed by atoms with E-state index < -0.39 is 0 Å². The molecule has 0 aliphatic heterocycles. The molecule has 0 fully saturated rings. The van der Waals surface area contributed by atoms with Gasteiger partial charge in [-0.2, -0.15) is 10.4 Å². The SMILES string of the molecule is Cc1nnc(Nc2ccc(Br)cc2Cl)c(C#N)c1C. The van der Waals surface area contributed by atoms with Crippen molar-refractivity contribution in [2.75, 3.05) is 5.32 Å². The molecule has 0 spiro atoms. The van der Waals surface area contributed by atoms with Gasteiger partial charge in [-0.15, -0.1) is 5.10 Å². The molecule has 6 heteroatoms. The number of hydrogen-bond donors (Lipinski definition) is 1. The van der Waals surface area contributed by atoms with Gasteiger partial charge in [0.1, 0.15) is 11.6 Å². The van der Waals surface area contributed by atoms with E-state index in [1.807, 2.05) is 26.0 Å². The van der Waals surface area contributed by atoms with E-state index in [9.17, 15) is 5.26 Å². The average Bonchev–Trinajstić information content (AvgIpc) is 2.37. The molecule has 0 radical (unpaired) electrons. The van der Waals surface area contributed by atoms with Crippen LogP contribution in [-0.2, 0) is 0 Å². The largest absolute Gasteiger partial charge is 0.336 e. The summed E-state index contributed by atoms with van der Waals surface area (Å²) in [6.45, 7) is 3.66. The lowest BCUT2D eigenvalue weighted by Gasteiger charge is -2.10. The van der Waals surface area contributed by atoms with E-state index in [2.05, 4.69) is 37.5 Å².